The number of fused-ring (bicyclic) bond motifs is 2. The van der Waals surface area contributed by atoms with Crippen LogP contribution in [0.5, 0.6) is 0 Å². The van der Waals surface area contributed by atoms with E-state index in [-0.39, 0.29) is 17.1 Å². The number of benzene rings is 2. The van der Waals surface area contributed by atoms with Gasteiger partial charge in [-0.05, 0) is 78.2 Å². The molecule has 2 aromatic carbocycles. The molecule has 3 aromatic heterocycles. The van der Waals surface area contributed by atoms with Crippen LogP contribution in [0.25, 0.3) is 36.4 Å². The van der Waals surface area contributed by atoms with Crippen molar-refractivity contribution in [2.24, 2.45) is 0 Å². The van der Waals surface area contributed by atoms with Gasteiger partial charge in [-0.2, -0.15) is 0 Å². The van der Waals surface area contributed by atoms with E-state index in [0.717, 1.165) is 20.5 Å². The van der Waals surface area contributed by atoms with Crippen molar-refractivity contribution in [1.82, 2.24) is 0 Å². The van der Waals surface area contributed by atoms with Gasteiger partial charge in [-0.1, -0.05) is 50.5 Å². The maximum atomic E-state index is 13.1. The van der Waals surface area contributed by atoms with Crippen molar-refractivity contribution in [1.29, 1.82) is 0 Å². The number of hydrogen-bond donors (Lipinski definition) is 0. The lowest BCUT2D eigenvalue weighted by atomic mass is 10.0. The second-order valence-corrected chi connectivity index (χ2v) is 12.8. The van der Waals surface area contributed by atoms with Gasteiger partial charge in [0.2, 0.25) is 0 Å². The van der Waals surface area contributed by atoms with Crippen molar-refractivity contribution in [3.63, 3.8) is 0 Å². The molecule has 0 saturated carbocycles. The molecular formula is C32H26O2S3. The number of hydrogen-bond acceptors (Lipinski definition) is 5. The van der Waals surface area contributed by atoms with Crippen LogP contribution in [0.2, 0.25) is 0 Å². The molecule has 0 spiro atoms. The fraction of sp³-hybridized carbons (Fsp3) is 0.188. The van der Waals surface area contributed by atoms with E-state index in [1.807, 2.05) is 53.8 Å². The number of carbonyl (C=O) groups is 2. The summed E-state index contributed by atoms with van der Waals surface area (Å²) in [7, 11) is 0. The highest BCUT2D eigenvalue weighted by molar-refractivity contribution is 7.26. The van der Waals surface area contributed by atoms with Crippen molar-refractivity contribution in [2.75, 3.05) is 0 Å². The zero-order chi connectivity index (χ0) is 25.4. The summed E-state index contributed by atoms with van der Waals surface area (Å²) in [6.07, 6.45) is 8.10. The van der Waals surface area contributed by atoms with Crippen LogP contribution in [0.1, 0.15) is 63.1 Å². The molecule has 1 aliphatic carbocycles. The van der Waals surface area contributed by atoms with Gasteiger partial charge in [-0.3, -0.25) is 9.59 Å². The summed E-state index contributed by atoms with van der Waals surface area (Å²) in [5, 5.41) is 1.95. The Labute approximate surface area is 228 Å². The van der Waals surface area contributed by atoms with Gasteiger partial charge in [-0.15, -0.1) is 34.0 Å². The average Bonchev–Trinajstić information content (AvgIpc) is 3.71. The molecule has 0 aliphatic heterocycles. The minimum absolute atomic E-state index is 0.178. The van der Waals surface area contributed by atoms with Crippen LogP contribution < -0.4 is 0 Å². The average molecular weight is 539 g/mol. The molecule has 0 atom stereocenters. The number of aryl methyl sites for hydroxylation is 1. The first kappa shape index (κ1) is 24.2. The van der Waals surface area contributed by atoms with Crippen LogP contribution in [-0.2, 0) is 6.42 Å². The van der Waals surface area contributed by atoms with Crippen molar-refractivity contribution in [3.05, 3.63) is 99.3 Å². The molecule has 5 heteroatoms. The molecule has 3 heterocycles. The second-order valence-electron chi connectivity index (χ2n) is 9.40. The van der Waals surface area contributed by atoms with Gasteiger partial charge in [0.05, 0.1) is 5.57 Å². The van der Waals surface area contributed by atoms with E-state index in [4.69, 9.17) is 0 Å². The van der Waals surface area contributed by atoms with Gasteiger partial charge in [0.1, 0.15) is 0 Å². The highest BCUT2D eigenvalue weighted by Gasteiger charge is 2.33. The summed E-state index contributed by atoms with van der Waals surface area (Å²) in [5.74, 6) is -0.357. The van der Waals surface area contributed by atoms with Crippen LogP contribution in [0.15, 0.2) is 78.4 Å². The molecule has 0 saturated heterocycles. The van der Waals surface area contributed by atoms with E-state index in [1.54, 1.807) is 28.7 Å². The van der Waals surface area contributed by atoms with Gasteiger partial charge in [-0.25, -0.2) is 0 Å². The lowest BCUT2D eigenvalue weighted by Crippen LogP contribution is -1.99. The largest absolute Gasteiger partial charge is 0.288 e. The smallest absolute Gasteiger partial charge is 0.197 e. The Hall–Kier alpha value is -3.12. The number of rotatable bonds is 8. The SMILES string of the molecule is CCCCCCc1ccc(-c2ccc(-c3ccc(C=C4C(=O)c5cc6ccccc6cc5C4=O)s3)s2)s1. The quantitative estimate of drug-likeness (QED) is 0.112. The van der Waals surface area contributed by atoms with Crippen LogP contribution in [0.4, 0.5) is 0 Å². The maximum absolute atomic E-state index is 13.1. The second kappa shape index (κ2) is 10.3. The summed E-state index contributed by atoms with van der Waals surface area (Å²) in [4.78, 5) is 33.6. The molecule has 2 nitrogen and oxygen atoms in total. The molecular weight excluding hydrogens is 513 g/mol. The molecule has 6 rings (SSSR count). The number of ketones is 2. The Morgan fingerprint density at radius 3 is 1.92 bits per heavy atom. The topological polar surface area (TPSA) is 34.1 Å². The van der Waals surface area contributed by atoms with E-state index < -0.39 is 0 Å². The summed E-state index contributed by atoms with van der Waals surface area (Å²) < 4.78 is 0. The predicted molar refractivity (Wildman–Crippen MR) is 159 cm³/mol. The van der Waals surface area contributed by atoms with Gasteiger partial charge < -0.3 is 0 Å². The third-order valence-corrected chi connectivity index (χ3v) is 10.5. The van der Waals surface area contributed by atoms with E-state index in [9.17, 15) is 9.59 Å². The Kier molecular flexibility index (Phi) is 6.76. The van der Waals surface area contributed by atoms with Crippen LogP contribution in [0.3, 0.4) is 0 Å². The van der Waals surface area contributed by atoms with Crippen molar-refractivity contribution < 1.29 is 9.59 Å². The Bertz CT molecular complexity index is 1600. The number of thiophene rings is 3. The molecule has 5 aromatic rings. The van der Waals surface area contributed by atoms with Gasteiger partial charge >= 0.3 is 0 Å². The molecule has 0 fully saturated rings. The van der Waals surface area contributed by atoms with E-state index in [2.05, 4.69) is 37.3 Å². The van der Waals surface area contributed by atoms with E-state index >= 15 is 0 Å². The normalized spacial score (nSPS) is 13.1. The van der Waals surface area contributed by atoms with Crippen molar-refractivity contribution in [3.8, 4) is 19.5 Å². The summed E-state index contributed by atoms with van der Waals surface area (Å²) in [6, 6.07) is 24.5. The first-order valence-electron chi connectivity index (χ1n) is 12.7. The van der Waals surface area contributed by atoms with Crippen LogP contribution in [0, 0.1) is 0 Å². The molecule has 0 unspecified atom stereocenters. The Morgan fingerprint density at radius 1 is 0.649 bits per heavy atom. The van der Waals surface area contributed by atoms with E-state index in [1.165, 1.54) is 51.6 Å². The summed E-state index contributed by atoms with van der Waals surface area (Å²) in [6.45, 7) is 2.25. The van der Waals surface area contributed by atoms with Gasteiger partial charge in [0.15, 0.2) is 11.6 Å². The lowest BCUT2D eigenvalue weighted by molar-refractivity contribution is 0.0990. The first-order valence-corrected chi connectivity index (χ1v) is 15.2. The van der Waals surface area contributed by atoms with Crippen LogP contribution in [-0.4, -0.2) is 11.6 Å². The minimum atomic E-state index is -0.178. The zero-order valence-electron chi connectivity index (χ0n) is 20.6. The molecule has 1 aliphatic rings. The lowest BCUT2D eigenvalue weighted by Gasteiger charge is -2.00. The monoisotopic (exact) mass is 538 g/mol. The zero-order valence-corrected chi connectivity index (χ0v) is 23.0. The predicted octanol–water partition coefficient (Wildman–Crippen LogP) is 9.94. The fourth-order valence-corrected chi connectivity index (χ4v) is 8.01. The van der Waals surface area contributed by atoms with Gasteiger partial charge in [0.25, 0.3) is 0 Å². The molecule has 0 N–H and O–H groups in total. The van der Waals surface area contributed by atoms with Crippen LogP contribution >= 0.6 is 34.0 Å². The summed E-state index contributed by atoms with van der Waals surface area (Å²) in [5.41, 5.74) is 1.28. The molecule has 0 bridgehead atoms. The standard InChI is InChI=1S/C32H26O2S3/c1-2-3-4-5-10-22-11-13-27(35-22)29-15-16-30(37-29)28-14-12-23(36-28)19-26-31(33)24-17-20-8-6-7-9-21(20)18-25(24)32(26)34/h6-9,11-19H,2-5,10H2,1H3. The fourth-order valence-electron chi connectivity index (χ4n) is 4.82. The third kappa shape index (κ3) is 4.79. The minimum Gasteiger partial charge on any atom is -0.288 e. The molecule has 184 valence electrons. The van der Waals surface area contributed by atoms with Crippen molar-refractivity contribution in [2.45, 2.75) is 39.0 Å². The molecule has 0 amide bonds. The number of carbonyl (C=O) groups excluding carboxylic acids is 2. The molecule has 37 heavy (non-hydrogen) atoms. The third-order valence-electron chi connectivity index (χ3n) is 6.81. The van der Waals surface area contributed by atoms with E-state index in [0.29, 0.717) is 11.1 Å². The van der Waals surface area contributed by atoms with Crippen molar-refractivity contribution >= 4 is 62.4 Å². The highest BCUT2D eigenvalue weighted by atomic mass is 32.1. The number of Topliss-reactive ketones (excluding diaryl/α,β-unsaturated/α-hetero) is 2. The summed E-state index contributed by atoms with van der Waals surface area (Å²) >= 11 is 5.32. The highest BCUT2D eigenvalue weighted by Crippen LogP contribution is 2.41. The Morgan fingerprint density at radius 2 is 1.24 bits per heavy atom. The Balaban J connectivity index is 1.20. The number of allylic oxidation sites excluding steroid dienone is 1. The maximum Gasteiger partial charge on any atom is 0.197 e. The molecule has 0 radical (unpaired) electrons. The van der Waals surface area contributed by atoms with Gasteiger partial charge in [0, 0.05) is 40.4 Å². The first-order chi connectivity index (χ1) is 18.1. The number of unbranched alkanes of at least 4 members (excludes halogenated alkanes) is 3.